The van der Waals surface area contributed by atoms with E-state index in [2.05, 4.69) is 74.2 Å². The Morgan fingerprint density at radius 3 is 1.35 bits per heavy atom. The number of benzene rings is 2. The second-order valence-corrected chi connectivity index (χ2v) is 6.65. The highest BCUT2D eigenvalue weighted by Gasteiger charge is 1.92. The molecule has 0 fully saturated rings. The highest BCUT2D eigenvalue weighted by atomic mass is 32.2. The summed E-state index contributed by atoms with van der Waals surface area (Å²) in [5.41, 5.74) is 2.60. The van der Waals surface area contributed by atoms with Crippen LogP contribution in [0.3, 0.4) is 0 Å². The fourth-order valence-electron chi connectivity index (χ4n) is 1.61. The molecule has 0 radical (unpaired) electrons. The van der Waals surface area contributed by atoms with Gasteiger partial charge >= 0.3 is 0 Å². The van der Waals surface area contributed by atoms with E-state index in [-0.39, 0.29) is 0 Å². The Labute approximate surface area is 130 Å². The number of hydrogen-bond acceptors (Lipinski definition) is 2. The van der Waals surface area contributed by atoms with Gasteiger partial charge in [-0.25, -0.2) is 0 Å². The van der Waals surface area contributed by atoms with E-state index in [1.165, 1.54) is 20.9 Å². The molecule has 2 aromatic rings. The van der Waals surface area contributed by atoms with Crippen LogP contribution in [0.15, 0.2) is 58.3 Å². The van der Waals surface area contributed by atoms with Crippen molar-refractivity contribution in [1.29, 1.82) is 0 Å². The molecule has 0 atom stereocenters. The molecule has 0 unspecified atom stereocenters. The van der Waals surface area contributed by atoms with Gasteiger partial charge in [0.05, 0.1) is 11.5 Å². The molecule has 2 heteroatoms. The lowest BCUT2D eigenvalue weighted by molar-refractivity contribution is 1.38. The second kappa shape index (κ2) is 8.09. The molecule has 0 bridgehead atoms. The van der Waals surface area contributed by atoms with E-state index in [4.69, 9.17) is 0 Å². The average molecular weight is 298 g/mol. The first-order valence-electron chi connectivity index (χ1n) is 6.59. The van der Waals surface area contributed by atoms with Crippen LogP contribution in [0.1, 0.15) is 11.1 Å². The molecule has 0 saturated carbocycles. The lowest BCUT2D eigenvalue weighted by Crippen LogP contribution is -1.78. The van der Waals surface area contributed by atoms with Gasteiger partial charge in [-0.3, -0.25) is 0 Å². The molecule has 0 aliphatic heterocycles. The van der Waals surface area contributed by atoms with E-state index < -0.39 is 0 Å². The first kappa shape index (κ1) is 15.1. The zero-order valence-corrected chi connectivity index (χ0v) is 13.5. The lowest BCUT2D eigenvalue weighted by atomic mass is 10.2. The van der Waals surface area contributed by atoms with Gasteiger partial charge in [0.2, 0.25) is 0 Å². The summed E-state index contributed by atoms with van der Waals surface area (Å²) < 4.78 is 0. The molecule has 0 nitrogen and oxygen atoms in total. The summed E-state index contributed by atoms with van der Waals surface area (Å²) in [5.74, 6) is 8.16. The number of aryl methyl sites for hydroxylation is 2. The second-order valence-electron chi connectivity index (χ2n) is 4.56. The molecule has 0 N–H and O–H groups in total. The predicted octanol–water partition coefficient (Wildman–Crippen LogP) is 5.19. The summed E-state index contributed by atoms with van der Waals surface area (Å²) in [5, 5.41) is 0. The Kier molecular flexibility index (Phi) is 6.11. The lowest BCUT2D eigenvalue weighted by Gasteiger charge is -1.98. The Morgan fingerprint density at radius 1 is 0.650 bits per heavy atom. The van der Waals surface area contributed by atoms with Crippen LogP contribution in [0.4, 0.5) is 0 Å². The summed E-state index contributed by atoms with van der Waals surface area (Å²) in [6.45, 7) is 4.22. The molecule has 2 aromatic carbocycles. The maximum atomic E-state index is 3.22. The fourth-order valence-corrected chi connectivity index (χ4v) is 2.95. The van der Waals surface area contributed by atoms with Gasteiger partial charge in [0, 0.05) is 9.79 Å². The predicted molar refractivity (Wildman–Crippen MR) is 91.6 cm³/mol. The van der Waals surface area contributed by atoms with Crippen LogP contribution in [-0.4, -0.2) is 11.5 Å². The first-order chi connectivity index (χ1) is 9.74. The molecule has 0 saturated heterocycles. The van der Waals surface area contributed by atoms with Crippen molar-refractivity contribution >= 4 is 23.5 Å². The van der Waals surface area contributed by atoms with E-state index in [1.807, 2.05) is 0 Å². The van der Waals surface area contributed by atoms with Crippen LogP contribution in [0.5, 0.6) is 0 Å². The third-order valence-electron chi connectivity index (χ3n) is 2.79. The van der Waals surface area contributed by atoms with Crippen molar-refractivity contribution in [2.45, 2.75) is 23.6 Å². The third-order valence-corrected chi connectivity index (χ3v) is 4.58. The quantitative estimate of drug-likeness (QED) is 0.562. The van der Waals surface area contributed by atoms with Gasteiger partial charge in [-0.2, -0.15) is 0 Å². The van der Waals surface area contributed by atoms with E-state index in [0.717, 1.165) is 11.5 Å². The molecule has 0 spiro atoms. The van der Waals surface area contributed by atoms with Gasteiger partial charge in [-0.05, 0) is 38.1 Å². The number of rotatable bonds is 4. The zero-order valence-electron chi connectivity index (χ0n) is 11.8. The molecule has 0 aromatic heterocycles. The van der Waals surface area contributed by atoms with Crippen molar-refractivity contribution in [2.24, 2.45) is 0 Å². The zero-order chi connectivity index (χ0) is 14.2. The fraction of sp³-hybridized carbons (Fsp3) is 0.222. The number of thioether (sulfide) groups is 2. The molecule has 0 amide bonds. The van der Waals surface area contributed by atoms with Crippen LogP contribution < -0.4 is 0 Å². The van der Waals surface area contributed by atoms with E-state index in [9.17, 15) is 0 Å². The van der Waals surface area contributed by atoms with Crippen molar-refractivity contribution in [2.75, 3.05) is 11.5 Å². The summed E-state index contributed by atoms with van der Waals surface area (Å²) >= 11 is 3.59. The average Bonchev–Trinajstić information content (AvgIpc) is 2.46. The highest BCUT2D eigenvalue weighted by Crippen LogP contribution is 2.18. The molecule has 0 heterocycles. The minimum Gasteiger partial charge on any atom is -0.113 e. The van der Waals surface area contributed by atoms with Gasteiger partial charge in [-0.15, -0.1) is 23.5 Å². The SMILES string of the molecule is Cc1ccc(SCC#CCSc2ccc(C)cc2)cc1. The summed E-state index contributed by atoms with van der Waals surface area (Å²) in [7, 11) is 0. The monoisotopic (exact) mass is 298 g/mol. The molecule has 102 valence electrons. The van der Waals surface area contributed by atoms with Gasteiger partial charge < -0.3 is 0 Å². The standard InChI is InChI=1S/C18H18S2/c1-15-5-9-17(10-6-15)19-13-3-4-14-20-18-11-7-16(2)8-12-18/h5-12H,13-14H2,1-2H3. The Morgan fingerprint density at radius 2 is 1.00 bits per heavy atom. The normalized spacial score (nSPS) is 9.90. The summed E-state index contributed by atoms with van der Waals surface area (Å²) in [4.78, 5) is 2.58. The van der Waals surface area contributed by atoms with Crippen molar-refractivity contribution in [3.05, 3.63) is 59.7 Å². The van der Waals surface area contributed by atoms with E-state index in [0.29, 0.717) is 0 Å². The summed E-state index contributed by atoms with van der Waals surface area (Å²) in [6.07, 6.45) is 0. The van der Waals surface area contributed by atoms with Gasteiger partial charge in [0.25, 0.3) is 0 Å². The van der Waals surface area contributed by atoms with Gasteiger partial charge in [0.1, 0.15) is 0 Å². The van der Waals surface area contributed by atoms with Crippen molar-refractivity contribution in [1.82, 2.24) is 0 Å². The molecule has 0 aliphatic rings. The molecule has 0 aliphatic carbocycles. The number of hydrogen-bond donors (Lipinski definition) is 0. The van der Waals surface area contributed by atoms with Gasteiger partial charge in [0.15, 0.2) is 0 Å². The molecule has 2 rings (SSSR count). The highest BCUT2D eigenvalue weighted by molar-refractivity contribution is 7.99. The van der Waals surface area contributed by atoms with Crippen molar-refractivity contribution < 1.29 is 0 Å². The van der Waals surface area contributed by atoms with Crippen LogP contribution in [-0.2, 0) is 0 Å². The summed E-state index contributed by atoms with van der Waals surface area (Å²) in [6, 6.07) is 17.2. The van der Waals surface area contributed by atoms with Gasteiger partial charge in [-0.1, -0.05) is 47.2 Å². The maximum absolute atomic E-state index is 3.22. The van der Waals surface area contributed by atoms with Crippen LogP contribution >= 0.6 is 23.5 Å². The Hall–Kier alpha value is -1.30. The van der Waals surface area contributed by atoms with E-state index >= 15 is 0 Å². The molecular weight excluding hydrogens is 280 g/mol. The largest absolute Gasteiger partial charge is 0.113 e. The molecule has 20 heavy (non-hydrogen) atoms. The third kappa shape index (κ3) is 5.36. The van der Waals surface area contributed by atoms with Crippen LogP contribution in [0.2, 0.25) is 0 Å². The van der Waals surface area contributed by atoms with Crippen LogP contribution in [0.25, 0.3) is 0 Å². The van der Waals surface area contributed by atoms with E-state index in [1.54, 1.807) is 23.5 Å². The van der Waals surface area contributed by atoms with Crippen molar-refractivity contribution in [3.8, 4) is 11.8 Å². The van der Waals surface area contributed by atoms with Crippen LogP contribution in [0, 0.1) is 25.7 Å². The maximum Gasteiger partial charge on any atom is 0.0595 e. The Bertz CT molecular complexity index is 533. The minimum absolute atomic E-state index is 0.859. The molecular formula is C18H18S2. The first-order valence-corrected chi connectivity index (χ1v) is 8.56. The van der Waals surface area contributed by atoms with Crippen molar-refractivity contribution in [3.63, 3.8) is 0 Å². The minimum atomic E-state index is 0.859. The smallest absolute Gasteiger partial charge is 0.0595 e. The Balaban J connectivity index is 1.70. The topological polar surface area (TPSA) is 0 Å².